The van der Waals surface area contributed by atoms with Crippen LogP contribution >= 0.6 is 15.9 Å². The zero-order valence-electron chi connectivity index (χ0n) is 15.3. The smallest absolute Gasteiger partial charge is 0.283 e. The topological polar surface area (TPSA) is 95.2 Å². The molecule has 142 valence electrons. The van der Waals surface area contributed by atoms with Crippen LogP contribution in [0.4, 0.5) is 5.69 Å². The molecule has 0 radical (unpaired) electrons. The average Bonchev–Trinajstić information content (AvgIpc) is 2.68. The van der Waals surface area contributed by atoms with Gasteiger partial charge in [0, 0.05) is 18.0 Å². The van der Waals surface area contributed by atoms with Crippen molar-refractivity contribution in [2.45, 2.75) is 25.8 Å². The molecule has 27 heavy (non-hydrogen) atoms. The predicted octanol–water partition coefficient (Wildman–Crippen LogP) is 5.22. The molecule has 0 aromatic heterocycles. The van der Waals surface area contributed by atoms with Gasteiger partial charge in [0.05, 0.1) is 9.40 Å². The fourth-order valence-corrected chi connectivity index (χ4v) is 3.56. The third-order valence-electron chi connectivity index (χ3n) is 4.64. The van der Waals surface area contributed by atoms with Crippen molar-refractivity contribution in [3.8, 4) is 0 Å². The Bertz CT molecular complexity index is 853. The lowest BCUT2D eigenvalue weighted by atomic mass is 9.85. The van der Waals surface area contributed by atoms with Gasteiger partial charge in [-0.15, -0.1) is 0 Å². The molecule has 0 fully saturated rings. The number of hydrogen-bond donors (Lipinski definition) is 2. The summed E-state index contributed by atoms with van der Waals surface area (Å²) in [4.78, 5) is 10.6. The maximum Gasteiger partial charge on any atom is 0.283 e. The van der Waals surface area contributed by atoms with Crippen LogP contribution in [0.2, 0.25) is 0 Å². The van der Waals surface area contributed by atoms with Gasteiger partial charge in [0.15, 0.2) is 0 Å². The van der Waals surface area contributed by atoms with Crippen molar-refractivity contribution in [2.24, 2.45) is 17.4 Å². The number of nitro benzene ring substituents is 1. The third kappa shape index (κ3) is 5.05. The molecule has 6 heteroatoms. The van der Waals surface area contributed by atoms with Gasteiger partial charge in [-0.25, -0.2) is 0 Å². The van der Waals surface area contributed by atoms with Crippen LogP contribution in [0.25, 0.3) is 0 Å². The van der Waals surface area contributed by atoms with Crippen molar-refractivity contribution in [1.29, 1.82) is 0 Å². The van der Waals surface area contributed by atoms with E-state index in [4.69, 9.17) is 11.5 Å². The zero-order chi connectivity index (χ0) is 20.0. The van der Waals surface area contributed by atoms with E-state index < -0.39 is 11.0 Å². The minimum Gasteiger partial charge on any atom is -0.405 e. The van der Waals surface area contributed by atoms with Crippen LogP contribution in [0.3, 0.4) is 0 Å². The van der Waals surface area contributed by atoms with Crippen molar-refractivity contribution in [3.05, 3.63) is 98.2 Å². The fraction of sp³-hybridized carbons (Fsp3) is 0.238. The van der Waals surface area contributed by atoms with E-state index in [2.05, 4.69) is 46.8 Å². The molecule has 5 nitrogen and oxygen atoms in total. The van der Waals surface area contributed by atoms with E-state index in [0.29, 0.717) is 4.47 Å². The second-order valence-corrected chi connectivity index (χ2v) is 7.25. The number of benzene rings is 1. The summed E-state index contributed by atoms with van der Waals surface area (Å²) in [5, 5.41) is 11.0. The number of nitrogens with zero attached hydrogens (tertiary/aromatic N) is 1. The Hall–Kier alpha value is -2.44. The first kappa shape index (κ1) is 20.9. The Balaban J connectivity index is 2.44. The van der Waals surface area contributed by atoms with Gasteiger partial charge in [0.2, 0.25) is 0 Å². The minimum atomic E-state index is -0.431. The SMILES string of the molecule is C=C/C(=C\C(/C(C)=C\N)C(N)c1ccc([N+](=O)[O-])c(Br)c1)C1=CCCC=C1. The van der Waals surface area contributed by atoms with Crippen LogP contribution in [0, 0.1) is 16.0 Å². The Kier molecular flexibility index (Phi) is 7.33. The van der Waals surface area contributed by atoms with Crippen LogP contribution in [0.15, 0.2) is 82.6 Å². The molecule has 1 aliphatic rings. The molecule has 0 heterocycles. The highest BCUT2D eigenvalue weighted by molar-refractivity contribution is 9.10. The first-order chi connectivity index (χ1) is 12.9. The Morgan fingerprint density at radius 1 is 1.41 bits per heavy atom. The van der Waals surface area contributed by atoms with E-state index in [1.54, 1.807) is 18.3 Å². The molecular weight excluding hydrogens is 406 g/mol. The lowest BCUT2D eigenvalue weighted by molar-refractivity contribution is -0.385. The summed E-state index contributed by atoms with van der Waals surface area (Å²) >= 11 is 3.26. The molecular formula is C21H24BrN3O2. The lowest BCUT2D eigenvalue weighted by Crippen LogP contribution is -2.22. The molecule has 2 rings (SSSR count). The highest BCUT2D eigenvalue weighted by Gasteiger charge is 2.22. The summed E-state index contributed by atoms with van der Waals surface area (Å²) in [6.07, 6.45) is 13.9. The molecule has 0 aliphatic heterocycles. The van der Waals surface area contributed by atoms with Gasteiger partial charge >= 0.3 is 0 Å². The number of hydrogen-bond acceptors (Lipinski definition) is 4. The van der Waals surface area contributed by atoms with Crippen molar-refractivity contribution in [2.75, 3.05) is 0 Å². The molecule has 0 saturated heterocycles. The molecule has 1 aliphatic carbocycles. The van der Waals surface area contributed by atoms with Gasteiger partial charge in [0.1, 0.15) is 0 Å². The van der Waals surface area contributed by atoms with Gasteiger partial charge in [-0.3, -0.25) is 10.1 Å². The Morgan fingerprint density at radius 2 is 2.15 bits per heavy atom. The first-order valence-corrected chi connectivity index (χ1v) is 9.47. The summed E-state index contributed by atoms with van der Waals surface area (Å²) < 4.78 is 0.402. The number of nitro groups is 1. The van der Waals surface area contributed by atoms with E-state index in [1.165, 1.54) is 6.07 Å². The minimum absolute atomic E-state index is 0.00779. The van der Waals surface area contributed by atoms with Crippen LogP contribution < -0.4 is 11.5 Å². The lowest BCUT2D eigenvalue weighted by Gasteiger charge is -2.24. The van der Waals surface area contributed by atoms with Crippen molar-refractivity contribution >= 4 is 21.6 Å². The molecule has 0 bridgehead atoms. The summed E-state index contributed by atoms with van der Waals surface area (Å²) in [5.41, 5.74) is 16.1. The average molecular weight is 430 g/mol. The van der Waals surface area contributed by atoms with E-state index in [1.807, 2.05) is 13.0 Å². The van der Waals surface area contributed by atoms with E-state index in [9.17, 15) is 10.1 Å². The number of rotatable bonds is 7. The summed E-state index contributed by atoms with van der Waals surface area (Å²) in [5.74, 6) is -0.174. The molecule has 1 aromatic rings. The van der Waals surface area contributed by atoms with E-state index in [-0.39, 0.29) is 11.6 Å². The molecule has 0 amide bonds. The Labute approximate surface area is 168 Å². The van der Waals surface area contributed by atoms with Gasteiger partial charge in [-0.1, -0.05) is 43.0 Å². The van der Waals surface area contributed by atoms with Gasteiger partial charge in [-0.2, -0.15) is 0 Å². The predicted molar refractivity (Wildman–Crippen MR) is 114 cm³/mol. The van der Waals surface area contributed by atoms with Crippen LogP contribution in [-0.2, 0) is 0 Å². The molecule has 0 saturated carbocycles. The number of nitrogens with two attached hydrogens (primary N) is 2. The quantitative estimate of drug-likeness (QED) is 0.352. The molecule has 0 spiro atoms. The number of halogens is 1. The van der Waals surface area contributed by atoms with Crippen molar-refractivity contribution < 1.29 is 4.92 Å². The third-order valence-corrected chi connectivity index (χ3v) is 5.27. The summed E-state index contributed by atoms with van der Waals surface area (Å²) in [7, 11) is 0. The zero-order valence-corrected chi connectivity index (χ0v) is 16.9. The Morgan fingerprint density at radius 3 is 2.67 bits per heavy atom. The van der Waals surface area contributed by atoms with Gasteiger partial charge < -0.3 is 11.5 Å². The maximum absolute atomic E-state index is 11.0. The highest BCUT2D eigenvalue weighted by Crippen LogP contribution is 2.34. The second kappa shape index (κ2) is 9.48. The summed E-state index contributed by atoms with van der Waals surface area (Å²) in [6, 6.07) is 4.43. The molecule has 1 aromatic carbocycles. The molecule has 4 N–H and O–H groups in total. The number of allylic oxidation sites excluding steroid dienone is 6. The fourth-order valence-electron chi connectivity index (χ4n) is 3.02. The summed E-state index contributed by atoms with van der Waals surface area (Å²) in [6.45, 7) is 5.86. The van der Waals surface area contributed by atoms with Crippen LogP contribution in [0.5, 0.6) is 0 Å². The maximum atomic E-state index is 11.0. The van der Waals surface area contributed by atoms with E-state index >= 15 is 0 Å². The van der Waals surface area contributed by atoms with Crippen molar-refractivity contribution in [3.63, 3.8) is 0 Å². The van der Waals surface area contributed by atoms with E-state index in [0.717, 1.165) is 35.1 Å². The second-order valence-electron chi connectivity index (χ2n) is 6.40. The van der Waals surface area contributed by atoms with Gasteiger partial charge in [-0.05, 0) is 70.2 Å². The highest BCUT2D eigenvalue weighted by atomic mass is 79.9. The molecule has 2 unspecified atom stereocenters. The standard InChI is InChI=1S/C21H24BrN3O2/c1-3-15(16-7-5-4-6-8-16)11-18(14(2)13-23)21(24)17-9-10-20(25(26)27)19(22)12-17/h3,5,7-13,18,21H,1,4,6,23-24H2,2H3/b14-13-,15-11+. The largest absolute Gasteiger partial charge is 0.405 e. The first-order valence-electron chi connectivity index (χ1n) is 8.68. The normalized spacial score (nSPS) is 17.2. The van der Waals surface area contributed by atoms with Crippen molar-refractivity contribution in [1.82, 2.24) is 0 Å². The molecule has 2 atom stereocenters. The van der Waals surface area contributed by atoms with Gasteiger partial charge in [0.25, 0.3) is 5.69 Å². The monoisotopic (exact) mass is 429 g/mol. The van der Waals surface area contributed by atoms with Crippen LogP contribution in [-0.4, -0.2) is 4.92 Å². The van der Waals surface area contributed by atoms with Crippen LogP contribution in [0.1, 0.15) is 31.4 Å².